The molecule has 0 atom stereocenters. The zero-order valence-electron chi connectivity index (χ0n) is 11.2. The number of rotatable bonds is 9. The first-order valence-corrected chi connectivity index (χ1v) is 9.11. The fourth-order valence-corrected chi connectivity index (χ4v) is 1.56. The molecule has 18 heavy (non-hydrogen) atoms. The minimum atomic E-state index is -3.97. The molecule has 0 rings (SSSR count). The molecule has 0 heterocycles. The number of unbranched alkanes of at least 4 members (excludes halogenated alkanes) is 9. The van der Waals surface area contributed by atoms with Gasteiger partial charge in [0.05, 0.1) is 0 Å². The van der Waals surface area contributed by atoms with Crippen molar-refractivity contribution in [2.45, 2.75) is 78.1 Å². The van der Waals surface area contributed by atoms with E-state index in [1.54, 1.807) is 0 Å². The molecule has 0 aliphatic carbocycles. The molecule has 6 heteroatoms. The van der Waals surface area contributed by atoms with Gasteiger partial charge in [0, 0.05) is 0 Å². The van der Waals surface area contributed by atoms with E-state index < -0.39 is 9.15 Å². The van der Waals surface area contributed by atoms with Crippen LogP contribution in [0.25, 0.3) is 0 Å². The summed E-state index contributed by atoms with van der Waals surface area (Å²) in [5.41, 5.74) is 0. The van der Waals surface area contributed by atoms with Crippen LogP contribution < -0.4 is 0 Å². The molecule has 3 nitrogen and oxygen atoms in total. The molecule has 0 aliphatic rings. The fraction of sp³-hybridized carbons (Fsp3) is 1.00. The third-order valence-corrected chi connectivity index (χ3v) is 2.46. The van der Waals surface area contributed by atoms with Crippen LogP contribution in [0.1, 0.15) is 78.1 Å². The van der Waals surface area contributed by atoms with E-state index in [1.165, 1.54) is 64.2 Å². The van der Waals surface area contributed by atoms with Crippen LogP contribution in [0.15, 0.2) is 0 Å². The van der Waals surface area contributed by atoms with Crippen molar-refractivity contribution in [3.05, 3.63) is 0 Å². The van der Waals surface area contributed by atoms with Crippen LogP contribution >= 0.6 is 11.7 Å². The van der Waals surface area contributed by atoms with Crippen molar-refractivity contribution in [2.24, 2.45) is 0 Å². The average Bonchev–Trinajstić information content (AvgIpc) is 2.20. The van der Waals surface area contributed by atoms with E-state index in [-0.39, 0.29) is 29.6 Å². The molecule has 0 saturated heterocycles. The molecule has 0 unspecified atom stereocenters. The summed E-state index contributed by atoms with van der Waals surface area (Å²) in [6.45, 7) is 4.56. The maximum absolute atomic E-state index is 9.05. The summed E-state index contributed by atoms with van der Waals surface area (Å²) in [5.74, 6) is 0. The van der Waals surface area contributed by atoms with Crippen LogP contribution in [0.5, 0.6) is 0 Å². The van der Waals surface area contributed by atoms with Gasteiger partial charge >= 0.3 is 38.7 Å². The van der Waals surface area contributed by atoms with Crippen molar-refractivity contribution >= 4 is 50.4 Å². The summed E-state index contributed by atoms with van der Waals surface area (Å²) >= 11 is 2.65. The van der Waals surface area contributed by atoms with Crippen LogP contribution in [0, 0.1) is 0 Å². The summed E-state index contributed by atoms with van der Waals surface area (Å²) in [4.78, 5) is 0. The Morgan fingerprint density at radius 3 is 1.11 bits per heavy atom. The van der Waals surface area contributed by atoms with Gasteiger partial charge in [0.25, 0.3) is 0 Å². The molecule has 0 aromatic heterocycles. The second kappa shape index (κ2) is 18.3. The van der Waals surface area contributed by atoms with Gasteiger partial charge in [-0.3, -0.25) is 4.55 Å². The SMILES string of the molecule is CCCCCCCCCCCC.O=S(=O)(O)S.[NaH]. The fourth-order valence-electron chi connectivity index (χ4n) is 1.56. The maximum atomic E-state index is 9.05. The first kappa shape index (κ1) is 24.3. The summed E-state index contributed by atoms with van der Waals surface area (Å²) in [5, 5.41) is 0. The molecule has 0 radical (unpaired) electrons. The molecule has 0 aromatic rings. The Balaban J connectivity index is -0.000000321. The van der Waals surface area contributed by atoms with E-state index in [2.05, 4.69) is 25.5 Å². The summed E-state index contributed by atoms with van der Waals surface area (Å²) in [7, 11) is -3.97. The molecule has 0 aromatic carbocycles. The summed E-state index contributed by atoms with van der Waals surface area (Å²) < 4.78 is 25.5. The molecule has 1 N–H and O–H groups in total. The third kappa shape index (κ3) is 43.3. The zero-order chi connectivity index (χ0) is 13.6. The standard InChI is InChI=1S/C12H26.Na.H2O3S2.H/c1-3-5-7-9-11-12-10-8-6-4-2;;1-5(2,3)4;/h3-12H2,1-2H3;;(H2,1,2,3,4);. The van der Waals surface area contributed by atoms with E-state index in [1.807, 2.05) is 0 Å². The van der Waals surface area contributed by atoms with Crippen molar-refractivity contribution in [1.29, 1.82) is 0 Å². The Hall–Kier alpha value is 1.26. The van der Waals surface area contributed by atoms with Gasteiger partial charge in [0.15, 0.2) is 0 Å². The van der Waals surface area contributed by atoms with Crippen molar-refractivity contribution in [3.8, 4) is 0 Å². The Morgan fingerprint density at radius 2 is 0.944 bits per heavy atom. The first-order chi connectivity index (χ1) is 7.91. The average molecular weight is 308 g/mol. The third-order valence-electron chi connectivity index (χ3n) is 2.46. The van der Waals surface area contributed by atoms with E-state index >= 15 is 0 Å². The van der Waals surface area contributed by atoms with Gasteiger partial charge < -0.3 is 0 Å². The van der Waals surface area contributed by atoms with Crippen LogP contribution in [0.2, 0.25) is 0 Å². The normalized spacial score (nSPS) is 10.2. The van der Waals surface area contributed by atoms with Gasteiger partial charge in [-0.05, 0) is 11.7 Å². The Labute approximate surface area is 140 Å². The molecule has 0 spiro atoms. The molecular weight excluding hydrogens is 279 g/mol. The van der Waals surface area contributed by atoms with E-state index in [4.69, 9.17) is 13.0 Å². The first-order valence-electron chi connectivity index (χ1n) is 6.61. The van der Waals surface area contributed by atoms with E-state index in [0.29, 0.717) is 0 Å². The number of thiol groups is 1. The summed E-state index contributed by atoms with van der Waals surface area (Å²) in [6, 6.07) is 0. The molecule has 108 valence electrons. The van der Waals surface area contributed by atoms with Crippen LogP contribution in [-0.4, -0.2) is 42.5 Å². The zero-order valence-corrected chi connectivity index (χ0v) is 12.9. The van der Waals surface area contributed by atoms with Gasteiger partial charge in [0.1, 0.15) is 0 Å². The van der Waals surface area contributed by atoms with Crippen molar-refractivity contribution in [1.82, 2.24) is 0 Å². The second-order valence-corrected chi connectivity index (χ2v) is 6.56. The van der Waals surface area contributed by atoms with Gasteiger partial charge in [-0.1, -0.05) is 78.1 Å². The molecule has 0 bridgehead atoms. The quantitative estimate of drug-likeness (QED) is 0.222. The molecule has 0 saturated carbocycles. The topological polar surface area (TPSA) is 54.4 Å². The Kier molecular flexibility index (Phi) is 24.6. The number of hydrogen-bond acceptors (Lipinski definition) is 2. The predicted octanol–water partition coefficient (Wildman–Crippen LogP) is 4.00. The number of hydrogen-bond donors (Lipinski definition) is 2. The monoisotopic (exact) mass is 308 g/mol. The van der Waals surface area contributed by atoms with E-state index in [0.717, 1.165) is 0 Å². The predicted molar refractivity (Wildman–Crippen MR) is 85.2 cm³/mol. The molecular formula is C12H29NaO3S2. The van der Waals surface area contributed by atoms with Crippen LogP contribution in [0.3, 0.4) is 0 Å². The molecule has 0 amide bonds. The molecule has 0 fully saturated rings. The van der Waals surface area contributed by atoms with E-state index in [9.17, 15) is 0 Å². The van der Waals surface area contributed by atoms with Gasteiger partial charge in [-0.15, -0.1) is 0 Å². The van der Waals surface area contributed by atoms with Gasteiger partial charge in [-0.2, -0.15) is 8.42 Å². The second-order valence-electron chi connectivity index (χ2n) is 4.28. The van der Waals surface area contributed by atoms with Crippen molar-refractivity contribution in [2.75, 3.05) is 0 Å². The van der Waals surface area contributed by atoms with Gasteiger partial charge in [0.2, 0.25) is 0 Å². The van der Waals surface area contributed by atoms with Gasteiger partial charge in [-0.25, -0.2) is 0 Å². The van der Waals surface area contributed by atoms with Crippen molar-refractivity contribution < 1.29 is 13.0 Å². The Bertz CT molecular complexity index is 213. The molecule has 0 aliphatic heterocycles. The minimum absolute atomic E-state index is 0. The van der Waals surface area contributed by atoms with Crippen LogP contribution in [-0.2, 0) is 9.15 Å². The Morgan fingerprint density at radius 1 is 0.778 bits per heavy atom. The van der Waals surface area contributed by atoms with Crippen molar-refractivity contribution in [3.63, 3.8) is 0 Å². The summed E-state index contributed by atoms with van der Waals surface area (Å²) in [6.07, 6.45) is 14.4. The van der Waals surface area contributed by atoms with Crippen LogP contribution in [0.4, 0.5) is 0 Å².